The van der Waals surface area contributed by atoms with E-state index in [1.54, 1.807) is 17.3 Å². The molecule has 4 aromatic rings. The molecule has 292 valence electrons. The zero-order valence-electron chi connectivity index (χ0n) is 32.6. The number of nitrogens with one attached hydrogen (secondary N) is 4. The number of ether oxygens (including phenoxy) is 2. The number of benzene rings is 2. The summed E-state index contributed by atoms with van der Waals surface area (Å²) in [5, 5.41) is 5.40. The van der Waals surface area contributed by atoms with Crippen molar-refractivity contribution in [3.63, 3.8) is 0 Å². The first-order valence-corrected chi connectivity index (χ1v) is 19.0. The van der Waals surface area contributed by atoms with Crippen LogP contribution >= 0.6 is 0 Å². The number of rotatable bonds is 11. The van der Waals surface area contributed by atoms with E-state index < -0.39 is 29.8 Å². The highest BCUT2D eigenvalue weighted by Gasteiger charge is 2.46. The number of hydrogen-bond donors (Lipinski definition) is 4. The van der Waals surface area contributed by atoms with Crippen molar-refractivity contribution in [3.05, 3.63) is 72.6 Å². The van der Waals surface area contributed by atoms with Crippen LogP contribution in [0, 0.1) is 11.8 Å². The summed E-state index contributed by atoms with van der Waals surface area (Å²) in [7, 11) is 2.58. The van der Waals surface area contributed by atoms with Gasteiger partial charge >= 0.3 is 12.2 Å². The summed E-state index contributed by atoms with van der Waals surface area (Å²) in [5.41, 5.74) is 5.11. The van der Waals surface area contributed by atoms with Gasteiger partial charge in [-0.05, 0) is 66.7 Å². The van der Waals surface area contributed by atoms with Gasteiger partial charge in [-0.2, -0.15) is 0 Å². The zero-order valence-corrected chi connectivity index (χ0v) is 32.6. The van der Waals surface area contributed by atoms with E-state index in [1.807, 2.05) is 51.7 Å². The molecular formula is C41H52N8O6. The van der Waals surface area contributed by atoms with Gasteiger partial charge in [-0.1, -0.05) is 76.2 Å². The average molecular weight is 753 g/mol. The number of carbonyl (C=O) groups excluding carboxylic acids is 4. The first-order valence-electron chi connectivity index (χ1n) is 19.0. The number of alkyl carbamates (subject to hydrolysis) is 2. The molecule has 0 aliphatic carbocycles. The Morgan fingerprint density at radius 1 is 0.727 bits per heavy atom. The predicted molar refractivity (Wildman–Crippen MR) is 207 cm³/mol. The molecule has 0 spiro atoms. The van der Waals surface area contributed by atoms with Crippen LogP contribution in [0.5, 0.6) is 0 Å². The van der Waals surface area contributed by atoms with Gasteiger partial charge in [0.1, 0.15) is 23.7 Å². The number of methoxy groups -OCH3 is 2. The highest BCUT2D eigenvalue weighted by atomic mass is 16.5. The molecule has 2 unspecified atom stereocenters. The second kappa shape index (κ2) is 16.4. The highest BCUT2D eigenvalue weighted by Crippen LogP contribution is 2.39. The molecule has 6 rings (SSSR count). The van der Waals surface area contributed by atoms with Gasteiger partial charge in [0.25, 0.3) is 0 Å². The van der Waals surface area contributed by atoms with Crippen LogP contribution in [0.25, 0.3) is 33.6 Å². The number of amides is 4. The molecule has 14 heteroatoms. The molecule has 4 heterocycles. The van der Waals surface area contributed by atoms with Crippen LogP contribution in [0.2, 0.25) is 0 Å². The largest absolute Gasteiger partial charge is 0.453 e. The molecule has 4 amide bonds. The van der Waals surface area contributed by atoms with Crippen molar-refractivity contribution < 1.29 is 28.7 Å². The monoisotopic (exact) mass is 752 g/mol. The van der Waals surface area contributed by atoms with E-state index in [1.165, 1.54) is 14.2 Å². The van der Waals surface area contributed by atoms with Crippen LogP contribution in [0.4, 0.5) is 9.59 Å². The number of nitrogens with zero attached hydrogens (tertiary/aromatic N) is 4. The van der Waals surface area contributed by atoms with Crippen molar-refractivity contribution in [1.82, 2.24) is 40.4 Å². The summed E-state index contributed by atoms with van der Waals surface area (Å²) in [6.45, 7) is 10.8. The van der Waals surface area contributed by atoms with E-state index in [-0.39, 0.29) is 29.7 Å². The van der Waals surface area contributed by atoms with E-state index in [0.29, 0.717) is 18.9 Å². The number of imidazole rings is 2. The quantitative estimate of drug-likeness (QED) is 0.136. The van der Waals surface area contributed by atoms with Crippen LogP contribution in [-0.2, 0) is 24.6 Å². The fourth-order valence-corrected chi connectivity index (χ4v) is 7.70. The Kier molecular flexibility index (Phi) is 11.6. The summed E-state index contributed by atoms with van der Waals surface area (Å²) in [6, 6.07) is 14.9. The third kappa shape index (κ3) is 8.08. The van der Waals surface area contributed by atoms with Gasteiger partial charge in [0.15, 0.2) is 0 Å². The minimum absolute atomic E-state index is 0.105. The van der Waals surface area contributed by atoms with Gasteiger partial charge in [-0.3, -0.25) is 9.59 Å². The lowest BCUT2D eigenvalue weighted by Crippen LogP contribution is -2.55. The lowest BCUT2D eigenvalue weighted by atomic mass is 9.95. The second-order valence-corrected chi connectivity index (χ2v) is 15.3. The van der Waals surface area contributed by atoms with Gasteiger partial charge in [0, 0.05) is 13.1 Å². The second-order valence-electron chi connectivity index (χ2n) is 15.3. The lowest BCUT2D eigenvalue weighted by Gasteiger charge is -2.37. The SMILES string of the molecule is COC(=O)N[C@H](C(=O)N1CCCC1c1ncc(-c2ccc(-c3ccc(-c4cnc(C5(C)CCCN5C(=O)[C@@H](NC(=O)OC)C(C)C)[nH]4)cc3)cc2)[nH]1)C(C)C. The van der Waals surface area contributed by atoms with E-state index in [9.17, 15) is 19.2 Å². The Bertz CT molecular complexity index is 1990. The maximum atomic E-state index is 13.7. The Morgan fingerprint density at radius 2 is 1.24 bits per heavy atom. The summed E-state index contributed by atoms with van der Waals surface area (Å²) in [6.07, 6.45) is 5.55. The van der Waals surface area contributed by atoms with E-state index >= 15 is 0 Å². The van der Waals surface area contributed by atoms with Crippen molar-refractivity contribution in [3.8, 4) is 33.6 Å². The van der Waals surface area contributed by atoms with Crippen LogP contribution < -0.4 is 10.6 Å². The summed E-state index contributed by atoms with van der Waals surface area (Å²) in [4.78, 5) is 71.2. The number of aromatic nitrogens is 4. The fraction of sp³-hybridized carbons (Fsp3) is 0.463. The van der Waals surface area contributed by atoms with Crippen molar-refractivity contribution in [2.45, 2.75) is 84.0 Å². The fourth-order valence-electron chi connectivity index (χ4n) is 7.70. The molecule has 4 atom stereocenters. The van der Waals surface area contributed by atoms with E-state index in [0.717, 1.165) is 65.1 Å². The standard InChI is InChI=1S/C41H52N8O6/c1-24(2)33(46-39(52)54-6)36(50)48-20-8-10-32(48)35-42-22-30(44-35)28-15-11-26(12-16-28)27-13-17-29(18-14-27)31-23-43-38(45-31)41(5)19-9-21-49(41)37(51)34(25(3)4)47-40(53)55-7/h11-18,22-25,32-34H,8-10,19-21H2,1-7H3,(H,42,44)(H,43,45)(H,46,52)(H,47,53)/t32?,33-,34-,41?/m0/s1. The molecule has 4 N–H and O–H groups in total. The molecule has 0 saturated carbocycles. The van der Waals surface area contributed by atoms with Crippen molar-refractivity contribution in [2.75, 3.05) is 27.3 Å². The maximum absolute atomic E-state index is 13.7. The maximum Gasteiger partial charge on any atom is 0.407 e. The van der Waals surface area contributed by atoms with Crippen molar-refractivity contribution >= 4 is 24.0 Å². The molecule has 0 bridgehead atoms. The number of likely N-dealkylation sites (tertiary alicyclic amines) is 2. The average Bonchev–Trinajstić information content (AvgIpc) is 4.02. The first-order chi connectivity index (χ1) is 26.3. The topological polar surface area (TPSA) is 175 Å². The summed E-state index contributed by atoms with van der Waals surface area (Å²) >= 11 is 0. The van der Waals surface area contributed by atoms with Gasteiger partial charge in [0.2, 0.25) is 11.8 Å². The molecule has 2 aliphatic rings. The Morgan fingerprint density at radius 3 is 1.78 bits per heavy atom. The smallest absolute Gasteiger partial charge is 0.407 e. The predicted octanol–water partition coefficient (Wildman–Crippen LogP) is 6.40. The van der Waals surface area contributed by atoms with E-state index in [4.69, 9.17) is 14.5 Å². The molecular weight excluding hydrogens is 701 g/mol. The molecule has 2 aromatic carbocycles. The van der Waals surface area contributed by atoms with Crippen LogP contribution in [0.3, 0.4) is 0 Å². The van der Waals surface area contributed by atoms with Gasteiger partial charge in [-0.15, -0.1) is 0 Å². The lowest BCUT2D eigenvalue weighted by molar-refractivity contribution is -0.138. The molecule has 2 aliphatic heterocycles. The van der Waals surface area contributed by atoms with Crippen molar-refractivity contribution in [2.24, 2.45) is 11.8 Å². The molecule has 55 heavy (non-hydrogen) atoms. The number of H-pyrrole nitrogens is 2. The Hall–Kier alpha value is -5.66. The Balaban J connectivity index is 1.12. The minimum atomic E-state index is -0.708. The number of aromatic amines is 2. The molecule has 14 nitrogen and oxygen atoms in total. The van der Waals surface area contributed by atoms with Crippen LogP contribution in [-0.4, -0.2) is 93.1 Å². The van der Waals surface area contributed by atoms with Gasteiger partial charge in [0.05, 0.1) is 49.6 Å². The third-order valence-electron chi connectivity index (χ3n) is 10.9. The first kappa shape index (κ1) is 39.0. The molecule has 0 radical (unpaired) electrons. The summed E-state index contributed by atoms with van der Waals surface area (Å²) < 4.78 is 9.53. The number of carbonyl (C=O) groups is 4. The Labute approximate surface area is 321 Å². The van der Waals surface area contributed by atoms with Crippen LogP contribution in [0.15, 0.2) is 60.9 Å². The minimum Gasteiger partial charge on any atom is -0.453 e. The molecule has 2 fully saturated rings. The normalized spacial score (nSPS) is 19.4. The highest BCUT2D eigenvalue weighted by molar-refractivity contribution is 5.87. The zero-order chi connectivity index (χ0) is 39.4. The molecule has 2 aromatic heterocycles. The van der Waals surface area contributed by atoms with Crippen molar-refractivity contribution in [1.29, 1.82) is 0 Å². The number of hydrogen-bond acceptors (Lipinski definition) is 8. The van der Waals surface area contributed by atoms with Gasteiger partial charge < -0.3 is 39.9 Å². The van der Waals surface area contributed by atoms with Gasteiger partial charge in [-0.25, -0.2) is 19.6 Å². The van der Waals surface area contributed by atoms with Crippen LogP contribution in [0.1, 0.15) is 78.0 Å². The third-order valence-corrected chi connectivity index (χ3v) is 10.9. The molecule has 2 saturated heterocycles. The summed E-state index contributed by atoms with van der Waals surface area (Å²) in [5.74, 6) is 0.910. The van der Waals surface area contributed by atoms with E-state index in [2.05, 4.69) is 62.0 Å².